The number of carbonyl (C=O) groups is 1. The smallest absolute Gasteiger partial charge is 0.315 e. The number of urea groups is 1. The van der Waals surface area contributed by atoms with Crippen LogP contribution in [-0.4, -0.2) is 35.3 Å². The van der Waals surface area contributed by atoms with E-state index in [9.17, 15) is 9.90 Å². The number of thiazole rings is 1. The van der Waals surface area contributed by atoms with E-state index in [4.69, 9.17) is 0 Å². The van der Waals surface area contributed by atoms with Crippen LogP contribution in [0.25, 0.3) is 0 Å². The molecule has 0 aromatic carbocycles. The predicted octanol–water partition coefficient (Wildman–Crippen LogP) is 2.41. The van der Waals surface area contributed by atoms with Gasteiger partial charge in [-0.3, -0.25) is 0 Å². The number of aromatic nitrogens is 1. The van der Waals surface area contributed by atoms with Gasteiger partial charge in [0.15, 0.2) is 0 Å². The summed E-state index contributed by atoms with van der Waals surface area (Å²) in [7, 11) is 0. The number of hydrogen-bond acceptors (Lipinski definition) is 4. The van der Waals surface area contributed by atoms with Crippen molar-refractivity contribution in [3.05, 3.63) is 15.6 Å². The zero-order chi connectivity index (χ0) is 15.9. The molecular weight excluding hydrogens is 298 g/mol. The molecule has 0 bridgehead atoms. The summed E-state index contributed by atoms with van der Waals surface area (Å²) >= 11 is 1.71. The average molecular weight is 325 g/mol. The SMILES string of the molecule is CCc1nc(CCNC(=O)N[C@@H]2CCCC[C@H]2CO)sc1C. The molecule has 1 aromatic rings. The monoisotopic (exact) mass is 325 g/mol. The van der Waals surface area contributed by atoms with Crippen molar-refractivity contribution in [2.75, 3.05) is 13.2 Å². The maximum absolute atomic E-state index is 12.0. The van der Waals surface area contributed by atoms with Crippen LogP contribution in [-0.2, 0) is 12.8 Å². The lowest BCUT2D eigenvalue weighted by atomic mass is 9.85. The number of carbonyl (C=O) groups excluding carboxylic acids is 1. The normalized spacial score (nSPS) is 21.6. The van der Waals surface area contributed by atoms with Gasteiger partial charge < -0.3 is 15.7 Å². The lowest BCUT2D eigenvalue weighted by molar-refractivity contribution is 0.154. The Morgan fingerprint density at radius 2 is 2.18 bits per heavy atom. The van der Waals surface area contributed by atoms with E-state index in [2.05, 4.69) is 29.5 Å². The fourth-order valence-electron chi connectivity index (χ4n) is 3.04. The molecule has 2 amide bonds. The van der Waals surface area contributed by atoms with Gasteiger partial charge in [-0.25, -0.2) is 9.78 Å². The molecule has 0 spiro atoms. The number of hydrogen-bond donors (Lipinski definition) is 3. The molecule has 0 saturated heterocycles. The van der Waals surface area contributed by atoms with Crippen LogP contribution in [0.2, 0.25) is 0 Å². The van der Waals surface area contributed by atoms with Crippen molar-refractivity contribution >= 4 is 17.4 Å². The molecule has 1 heterocycles. The number of aliphatic hydroxyl groups is 1. The first-order valence-corrected chi connectivity index (χ1v) is 9.06. The van der Waals surface area contributed by atoms with Crippen LogP contribution < -0.4 is 10.6 Å². The molecule has 1 aromatic heterocycles. The molecular formula is C16H27N3O2S. The highest BCUT2D eigenvalue weighted by molar-refractivity contribution is 7.11. The van der Waals surface area contributed by atoms with Gasteiger partial charge in [-0.05, 0) is 26.2 Å². The standard InChI is InChI=1S/C16H27N3O2S/c1-3-13-11(2)22-15(18-13)8-9-17-16(21)19-14-7-5-4-6-12(14)10-20/h12,14,20H,3-10H2,1-2H3,(H2,17,19,21)/t12-,14+/m0/s1. The number of rotatable bonds is 6. The van der Waals surface area contributed by atoms with E-state index in [0.717, 1.165) is 49.2 Å². The van der Waals surface area contributed by atoms with Gasteiger partial charge in [0.25, 0.3) is 0 Å². The van der Waals surface area contributed by atoms with Crippen LogP contribution in [0.5, 0.6) is 0 Å². The molecule has 22 heavy (non-hydrogen) atoms. The molecule has 1 fully saturated rings. The summed E-state index contributed by atoms with van der Waals surface area (Å²) in [6, 6.07) is -0.0260. The number of amides is 2. The Balaban J connectivity index is 1.73. The molecule has 1 aliphatic rings. The van der Waals surface area contributed by atoms with Crippen LogP contribution in [0.1, 0.15) is 48.2 Å². The van der Waals surface area contributed by atoms with Gasteiger partial charge in [-0.15, -0.1) is 11.3 Å². The van der Waals surface area contributed by atoms with Crippen molar-refractivity contribution in [3.63, 3.8) is 0 Å². The predicted molar refractivity (Wildman–Crippen MR) is 89.3 cm³/mol. The van der Waals surface area contributed by atoms with Crippen molar-refractivity contribution in [2.24, 2.45) is 5.92 Å². The Labute approximate surface area is 136 Å². The largest absolute Gasteiger partial charge is 0.396 e. The van der Waals surface area contributed by atoms with E-state index in [0.29, 0.717) is 6.54 Å². The molecule has 0 unspecified atom stereocenters. The molecule has 0 radical (unpaired) electrons. The zero-order valence-corrected chi connectivity index (χ0v) is 14.3. The van der Waals surface area contributed by atoms with Gasteiger partial charge in [0, 0.05) is 36.4 Å². The molecule has 2 rings (SSSR count). The second-order valence-corrected chi connectivity index (χ2v) is 7.24. The van der Waals surface area contributed by atoms with E-state index >= 15 is 0 Å². The second-order valence-electron chi connectivity index (χ2n) is 5.95. The lowest BCUT2D eigenvalue weighted by Gasteiger charge is -2.30. The highest BCUT2D eigenvalue weighted by Crippen LogP contribution is 2.23. The third kappa shape index (κ3) is 4.68. The summed E-state index contributed by atoms with van der Waals surface area (Å²) in [4.78, 5) is 17.8. The minimum Gasteiger partial charge on any atom is -0.396 e. The van der Waals surface area contributed by atoms with Crippen LogP contribution in [0.3, 0.4) is 0 Å². The maximum atomic E-state index is 12.0. The van der Waals surface area contributed by atoms with Crippen LogP contribution in [0, 0.1) is 12.8 Å². The van der Waals surface area contributed by atoms with Gasteiger partial charge >= 0.3 is 6.03 Å². The van der Waals surface area contributed by atoms with Gasteiger partial charge in [0.1, 0.15) is 0 Å². The third-order valence-corrected chi connectivity index (χ3v) is 5.43. The average Bonchev–Trinajstić information content (AvgIpc) is 2.88. The van der Waals surface area contributed by atoms with E-state index < -0.39 is 0 Å². The number of aliphatic hydroxyl groups excluding tert-OH is 1. The topological polar surface area (TPSA) is 74.2 Å². The first kappa shape index (κ1) is 17.2. The molecule has 5 nitrogen and oxygen atoms in total. The molecule has 124 valence electrons. The van der Waals surface area contributed by atoms with Crippen molar-refractivity contribution in [2.45, 2.75) is 58.4 Å². The first-order chi connectivity index (χ1) is 10.6. The lowest BCUT2D eigenvalue weighted by Crippen LogP contribution is -2.48. The van der Waals surface area contributed by atoms with E-state index in [1.54, 1.807) is 11.3 Å². The molecule has 0 aliphatic heterocycles. The van der Waals surface area contributed by atoms with Crippen LogP contribution >= 0.6 is 11.3 Å². The molecule has 6 heteroatoms. The van der Waals surface area contributed by atoms with Gasteiger partial charge in [0.2, 0.25) is 0 Å². The Hall–Kier alpha value is -1.14. The van der Waals surface area contributed by atoms with Gasteiger partial charge in [-0.2, -0.15) is 0 Å². The minimum atomic E-state index is -0.130. The van der Waals surface area contributed by atoms with Crippen LogP contribution in [0.4, 0.5) is 4.79 Å². The van der Waals surface area contributed by atoms with E-state index in [1.165, 1.54) is 4.88 Å². The van der Waals surface area contributed by atoms with Crippen LogP contribution in [0.15, 0.2) is 0 Å². The number of nitrogens with zero attached hydrogens (tertiary/aromatic N) is 1. The summed E-state index contributed by atoms with van der Waals surface area (Å²) in [6.07, 6.45) is 5.96. The number of nitrogens with one attached hydrogen (secondary N) is 2. The fourth-order valence-corrected chi connectivity index (χ4v) is 4.06. The molecule has 1 aliphatic carbocycles. The van der Waals surface area contributed by atoms with E-state index in [1.807, 2.05) is 0 Å². The zero-order valence-electron chi connectivity index (χ0n) is 13.5. The summed E-state index contributed by atoms with van der Waals surface area (Å²) in [5, 5.41) is 16.4. The summed E-state index contributed by atoms with van der Waals surface area (Å²) in [5.41, 5.74) is 1.16. The third-order valence-electron chi connectivity index (χ3n) is 4.36. The molecule has 1 saturated carbocycles. The molecule has 2 atom stereocenters. The Morgan fingerprint density at radius 3 is 2.86 bits per heavy atom. The van der Waals surface area contributed by atoms with Crippen molar-refractivity contribution in [1.82, 2.24) is 15.6 Å². The van der Waals surface area contributed by atoms with Gasteiger partial charge in [0.05, 0.1) is 10.7 Å². The quantitative estimate of drug-likeness (QED) is 0.752. The Kier molecular flexibility index (Phi) is 6.64. The minimum absolute atomic E-state index is 0.104. The summed E-state index contributed by atoms with van der Waals surface area (Å²) in [6.45, 7) is 4.96. The van der Waals surface area contributed by atoms with Crippen molar-refractivity contribution in [3.8, 4) is 0 Å². The second kappa shape index (κ2) is 8.48. The maximum Gasteiger partial charge on any atom is 0.315 e. The van der Waals surface area contributed by atoms with Gasteiger partial charge in [-0.1, -0.05) is 19.8 Å². The summed E-state index contributed by atoms with van der Waals surface area (Å²) < 4.78 is 0. The van der Waals surface area contributed by atoms with Crippen molar-refractivity contribution < 1.29 is 9.90 Å². The van der Waals surface area contributed by atoms with E-state index in [-0.39, 0.29) is 24.6 Å². The van der Waals surface area contributed by atoms with Crippen molar-refractivity contribution in [1.29, 1.82) is 0 Å². The highest BCUT2D eigenvalue weighted by atomic mass is 32.1. The summed E-state index contributed by atoms with van der Waals surface area (Å²) in [5.74, 6) is 0.202. The molecule has 3 N–H and O–H groups in total. The fraction of sp³-hybridized carbons (Fsp3) is 0.750. The number of aryl methyl sites for hydroxylation is 2. The Morgan fingerprint density at radius 1 is 1.41 bits per heavy atom. The Bertz CT molecular complexity index is 490. The first-order valence-electron chi connectivity index (χ1n) is 8.24. The highest BCUT2D eigenvalue weighted by Gasteiger charge is 2.25.